The fourth-order valence-electron chi connectivity index (χ4n) is 4.06. The van der Waals surface area contributed by atoms with Crippen LogP contribution in [0.4, 0.5) is 11.4 Å². The molecule has 2 aromatic rings. The van der Waals surface area contributed by atoms with Crippen molar-refractivity contribution in [3.05, 3.63) is 53.6 Å². The average Bonchev–Trinajstić information content (AvgIpc) is 3.06. The van der Waals surface area contributed by atoms with Gasteiger partial charge in [-0.2, -0.15) is 4.31 Å². The van der Waals surface area contributed by atoms with E-state index in [1.807, 2.05) is 19.9 Å². The molecule has 1 saturated heterocycles. The molecule has 3 rings (SSSR count). The standard InChI is InChI=1S/C24H33N3O5S2/c1-18-9-12-22(17-19(18)2)27(33(4,29)30)20(3)24(28)25-21-10-13-23(14-11-21)34(31,32)26-15-7-5-6-8-16-26/h9-14,17,20H,5-8,15-16H2,1-4H3,(H,25,28)/t20-/m0/s1. The van der Waals surface area contributed by atoms with Gasteiger partial charge in [0, 0.05) is 18.8 Å². The van der Waals surface area contributed by atoms with Crippen LogP contribution in [-0.4, -0.2) is 52.4 Å². The minimum Gasteiger partial charge on any atom is -0.324 e. The molecule has 0 bridgehead atoms. The molecule has 0 aromatic heterocycles. The number of sulfonamides is 2. The third-order valence-electron chi connectivity index (χ3n) is 6.16. The molecule has 0 aliphatic carbocycles. The van der Waals surface area contributed by atoms with Crippen molar-refractivity contribution in [1.82, 2.24) is 4.31 Å². The van der Waals surface area contributed by atoms with Crippen LogP contribution >= 0.6 is 0 Å². The summed E-state index contributed by atoms with van der Waals surface area (Å²) in [4.78, 5) is 13.1. The monoisotopic (exact) mass is 507 g/mol. The van der Waals surface area contributed by atoms with Crippen LogP contribution in [0.2, 0.25) is 0 Å². The highest BCUT2D eigenvalue weighted by Gasteiger charge is 2.30. The minimum absolute atomic E-state index is 0.174. The quantitative estimate of drug-likeness (QED) is 0.616. The summed E-state index contributed by atoms with van der Waals surface area (Å²) in [6, 6.07) is 10.2. The van der Waals surface area contributed by atoms with E-state index in [2.05, 4.69) is 5.32 Å². The maximum absolute atomic E-state index is 13.0. The molecule has 0 saturated carbocycles. The molecule has 186 valence electrons. The van der Waals surface area contributed by atoms with Gasteiger partial charge in [-0.1, -0.05) is 18.9 Å². The number of hydrogen-bond donors (Lipinski definition) is 1. The Morgan fingerprint density at radius 3 is 2.03 bits per heavy atom. The van der Waals surface area contributed by atoms with Crippen molar-refractivity contribution >= 4 is 37.3 Å². The first-order valence-corrected chi connectivity index (χ1v) is 14.7. The predicted molar refractivity (Wildman–Crippen MR) is 135 cm³/mol. The number of nitrogens with one attached hydrogen (secondary N) is 1. The Labute approximate surface area is 203 Å². The molecular formula is C24H33N3O5S2. The molecular weight excluding hydrogens is 474 g/mol. The second-order valence-electron chi connectivity index (χ2n) is 8.84. The Kier molecular flexibility index (Phi) is 8.05. The molecule has 1 fully saturated rings. The average molecular weight is 508 g/mol. The van der Waals surface area contributed by atoms with Gasteiger partial charge in [0.25, 0.3) is 0 Å². The Morgan fingerprint density at radius 1 is 0.912 bits per heavy atom. The van der Waals surface area contributed by atoms with Crippen LogP contribution < -0.4 is 9.62 Å². The molecule has 1 N–H and O–H groups in total. The van der Waals surface area contributed by atoms with E-state index in [-0.39, 0.29) is 4.90 Å². The molecule has 1 amide bonds. The Hall–Kier alpha value is -2.43. The number of benzene rings is 2. The topological polar surface area (TPSA) is 104 Å². The van der Waals surface area contributed by atoms with Crippen LogP contribution in [0.3, 0.4) is 0 Å². The maximum Gasteiger partial charge on any atom is 0.247 e. The van der Waals surface area contributed by atoms with Crippen molar-refractivity contribution < 1.29 is 21.6 Å². The summed E-state index contributed by atoms with van der Waals surface area (Å²) in [6.45, 7) is 6.35. The van der Waals surface area contributed by atoms with Crippen molar-refractivity contribution in [3.63, 3.8) is 0 Å². The van der Waals surface area contributed by atoms with Gasteiger partial charge < -0.3 is 5.32 Å². The lowest BCUT2D eigenvalue weighted by atomic mass is 10.1. The lowest BCUT2D eigenvalue weighted by molar-refractivity contribution is -0.116. The molecule has 2 aromatic carbocycles. The molecule has 1 atom stereocenters. The molecule has 10 heteroatoms. The fraction of sp³-hybridized carbons (Fsp3) is 0.458. The highest BCUT2D eigenvalue weighted by Crippen LogP contribution is 2.25. The van der Waals surface area contributed by atoms with Crippen molar-refractivity contribution in [2.24, 2.45) is 0 Å². The van der Waals surface area contributed by atoms with E-state index >= 15 is 0 Å². The van der Waals surface area contributed by atoms with Crippen LogP contribution in [0.15, 0.2) is 47.4 Å². The number of carbonyl (C=O) groups is 1. The third-order valence-corrected chi connectivity index (χ3v) is 9.31. The first kappa shape index (κ1) is 26.2. The summed E-state index contributed by atoms with van der Waals surface area (Å²) >= 11 is 0. The van der Waals surface area contributed by atoms with Crippen LogP contribution in [0.25, 0.3) is 0 Å². The molecule has 0 spiro atoms. The zero-order valence-corrected chi connectivity index (χ0v) is 21.7. The molecule has 1 heterocycles. The van der Waals surface area contributed by atoms with Crippen LogP contribution in [0, 0.1) is 13.8 Å². The first-order valence-electron chi connectivity index (χ1n) is 11.4. The van der Waals surface area contributed by atoms with Crippen LogP contribution in [-0.2, 0) is 24.8 Å². The molecule has 1 aliphatic rings. The molecule has 1 aliphatic heterocycles. The van der Waals surface area contributed by atoms with E-state index in [0.29, 0.717) is 24.5 Å². The number of nitrogens with zero attached hydrogens (tertiary/aromatic N) is 2. The van der Waals surface area contributed by atoms with Crippen molar-refractivity contribution in [2.45, 2.75) is 57.4 Å². The van der Waals surface area contributed by atoms with E-state index in [9.17, 15) is 21.6 Å². The third kappa shape index (κ3) is 5.97. The predicted octanol–water partition coefficient (Wildman–Crippen LogP) is 3.66. The SMILES string of the molecule is Cc1ccc(N([C@@H](C)C(=O)Nc2ccc(S(=O)(=O)N3CCCCCC3)cc2)S(C)(=O)=O)cc1C. The van der Waals surface area contributed by atoms with Crippen molar-refractivity contribution in [1.29, 1.82) is 0 Å². The number of amides is 1. The van der Waals surface area contributed by atoms with Gasteiger partial charge in [0.2, 0.25) is 26.0 Å². The van der Waals surface area contributed by atoms with Crippen molar-refractivity contribution in [2.75, 3.05) is 29.0 Å². The summed E-state index contributed by atoms with van der Waals surface area (Å²) < 4.78 is 53.6. The lowest BCUT2D eigenvalue weighted by Gasteiger charge is -2.28. The second-order valence-corrected chi connectivity index (χ2v) is 12.6. The van der Waals surface area contributed by atoms with Gasteiger partial charge in [0.15, 0.2) is 0 Å². The van der Waals surface area contributed by atoms with Crippen LogP contribution in [0.1, 0.15) is 43.7 Å². The van der Waals surface area contributed by atoms with Gasteiger partial charge in [-0.05, 0) is 81.1 Å². The van der Waals surface area contributed by atoms with E-state index < -0.39 is 32.0 Å². The number of rotatable bonds is 7. The Bertz CT molecular complexity index is 1230. The largest absolute Gasteiger partial charge is 0.324 e. The number of hydrogen-bond acceptors (Lipinski definition) is 5. The van der Waals surface area contributed by atoms with E-state index in [1.165, 1.54) is 35.5 Å². The minimum atomic E-state index is -3.74. The molecule has 0 radical (unpaired) electrons. The second kappa shape index (κ2) is 10.5. The first-order chi connectivity index (χ1) is 15.9. The fourth-order valence-corrected chi connectivity index (χ4v) is 6.74. The summed E-state index contributed by atoms with van der Waals surface area (Å²) in [5.41, 5.74) is 2.73. The maximum atomic E-state index is 13.0. The normalized spacial score (nSPS) is 16.5. The van der Waals surface area contributed by atoms with Gasteiger partial charge in [-0.25, -0.2) is 16.8 Å². The molecule has 0 unspecified atom stereocenters. The van der Waals surface area contributed by atoms with Gasteiger partial charge in [-0.15, -0.1) is 0 Å². The van der Waals surface area contributed by atoms with E-state index in [4.69, 9.17) is 0 Å². The number of carbonyl (C=O) groups excluding carboxylic acids is 1. The van der Waals surface area contributed by atoms with Gasteiger partial charge in [0.1, 0.15) is 6.04 Å². The highest BCUT2D eigenvalue weighted by molar-refractivity contribution is 7.92. The molecule has 34 heavy (non-hydrogen) atoms. The molecule has 8 nitrogen and oxygen atoms in total. The van der Waals surface area contributed by atoms with E-state index in [1.54, 1.807) is 12.1 Å². The Morgan fingerprint density at radius 2 is 1.50 bits per heavy atom. The summed E-state index contributed by atoms with van der Waals surface area (Å²) in [5, 5.41) is 2.70. The zero-order valence-electron chi connectivity index (χ0n) is 20.1. The van der Waals surface area contributed by atoms with Gasteiger partial charge in [0.05, 0.1) is 16.8 Å². The van der Waals surface area contributed by atoms with Crippen molar-refractivity contribution in [3.8, 4) is 0 Å². The lowest BCUT2D eigenvalue weighted by Crippen LogP contribution is -2.45. The van der Waals surface area contributed by atoms with Gasteiger partial charge in [-0.3, -0.25) is 9.10 Å². The summed E-state index contributed by atoms with van der Waals surface area (Å²) in [5.74, 6) is -0.522. The number of anilines is 2. The smallest absolute Gasteiger partial charge is 0.247 e. The van der Waals surface area contributed by atoms with Crippen LogP contribution in [0.5, 0.6) is 0 Å². The zero-order chi connectivity index (χ0) is 25.1. The highest BCUT2D eigenvalue weighted by atomic mass is 32.2. The van der Waals surface area contributed by atoms with E-state index in [0.717, 1.165) is 47.4 Å². The number of aryl methyl sites for hydroxylation is 2. The summed E-state index contributed by atoms with van der Waals surface area (Å²) in [6.07, 6.45) is 4.82. The summed E-state index contributed by atoms with van der Waals surface area (Å²) in [7, 11) is -7.33. The Balaban J connectivity index is 1.78. The van der Waals surface area contributed by atoms with Gasteiger partial charge >= 0.3 is 0 Å².